The van der Waals surface area contributed by atoms with Crippen LogP contribution in [0.3, 0.4) is 0 Å². The summed E-state index contributed by atoms with van der Waals surface area (Å²) in [6, 6.07) is 9.43. The van der Waals surface area contributed by atoms with Crippen molar-refractivity contribution in [3.8, 4) is 23.0 Å². The smallest absolute Gasteiger partial charge is 0.203 e. The molecule has 0 bridgehead atoms. The highest BCUT2D eigenvalue weighted by atomic mass is 16.5. The molecule has 0 saturated carbocycles. The SMILES string of the molecule is COc1cc(C/C(=N\O)c2ccc3c(c2)C=CC(C)(C)O3)cc(OC)c1OC. The molecule has 0 atom stereocenters. The molecule has 0 aliphatic carbocycles. The summed E-state index contributed by atoms with van der Waals surface area (Å²) in [5, 5.41) is 13.2. The van der Waals surface area contributed by atoms with E-state index in [-0.39, 0.29) is 5.60 Å². The number of fused-ring (bicyclic) bond motifs is 1. The summed E-state index contributed by atoms with van der Waals surface area (Å²) in [6.45, 7) is 4.01. The van der Waals surface area contributed by atoms with Crippen molar-refractivity contribution in [1.82, 2.24) is 0 Å². The number of nitrogens with zero attached hydrogens (tertiary/aromatic N) is 1. The lowest BCUT2D eigenvalue weighted by atomic mass is 9.97. The maximum Gasteiger partial charge on any atom is 0.203 e. The minimum absolute atomic E-state index is 0.335. The first kappa shape index (κ1) is 19.6. The van der Waals surface area contributed by atoms with E-state index in [0.717, 1.165) is 22.4 Å². The fourth-order valence-corrected chi connectivity index (χ4v) is 3.18. The highest BCUT2D eigenvalue weighted by Gasteiger charge is 2.22. The maximum absolute atomic E-state index is 9.63. The number of methoxy groups -OCH3 is 3. The van der Waals surface area contributed by atoms with Crippen LogP contribution in [0.25, 0.3) is 6.08 Å². The van der Waals surface area contributed by atoms with Crippen LogP contribution in [-0.4, -0.2) is 37.8 Å². The third-order valence-corrected chi connectivity index (χ3v) is 4.60. The zero-order valence-corrected chi connectivity index (χ0v) is 16.8. The van der Waals surface area contributed by atoms with E-state index < -0.39 is 0 Å². The summed E-state index contributed by atoms with van der Waals surface area (Å²) in [6.07, 6.45) is 4.42. The summed E-state index contributed by atoms with van der Waals surface area (Å²) >= 11 is 0. The summed E-state index contributed by atoms with van der Waals surface area (Å²) in [7, 11) is 4.70. The first-order chi connectivity index (χ1) is 13.4. The van der Waals surface area contributed by atoms with Gasteiger partial charge in [0.25, 0.3) is 0 Å². The first-order valence-corrected chi connectivity index (χ1v) is 8.93. The number of ether oxygens (including phenoxy) is 4. The van der Waals surface area contributed by atoms with E-state index in [4.69, 9.17) is 18.9 Å². The number of hydrogen-bond acceptors (Lipinski definition) is 6. The van der Waals surface area contributed by atoms with Crippen LogP contribution in [-0.2, 0) is 6.42 Å². The van der Waals surface area contributed by atoms with Gasteiger partial charge < -0.3 is 24.2 Å². The zero-order valence-electron chi connectivity index (χ0n) is 16.8. The molecule has 1 aliphatic heterocycles. The highest BCUT2D eigenvalue weighted by molar-refractivity contribution is 6.02. The van der Waals surface area contributed by atoms with Crippen LogP contribution < -0.4 is 18.9 Å². The van der Waals surface area contributed by atoms with E-state index in [9.17, 15) is 5.21 Å². The largest absolute Gasteiger partial charge is 0.493 e. The Kier molecular flexibility index (Phi) is 5.49. The molecule has 2 aromatic rings. The molecule has 1 aliphatic rings. The van der Waals surface area contributed by atoms with Gasteiger partial charge in [0.05, 0.1) is 27.0 Å². The number of oxime groups is 1. The molecule has 148 valence electrons. The van der Waals surface area contributed by atoms with Crippen LogP contribution in [0.5, 0.6) is 23.0 Å². The van der Waals surface area contributed by atoms with Gasteiger partial charge in [-0.15, -0.1) is 0 Å². The quantitative estimate of drug-likeness (QED) is 0.457. The Bertz CT molecular complexity index is 906. The molecule has 0 amide bonds. The van der Waals surface area contributed by atoms with E-state index in [0.29, 0.717) is 29.4 Å². The van der Waals surface area contributed by atoms with Crippen LogP contribution in [0, 0.1) is 0 Å². The second-order valence-corrected chi connectivity index (χ2v) is 7.05. The second kappa shape index (κ2) is 7.84. The predicted molar refractivity (Wildman–Crippen MR) is 108 cm³/mol. The number of benzene rings is 2. The molecule has 0 spiro atoms. The average Bonchev–Trinajstić information content (AvgIpc) is 2.70. The molecular formula is C22H25NO5. The molecule has 0 saturated heterocycles. The maximum atomic E-state index is 9.63. The molecule has 0 unspecified atom stereocenters. The van der Waals surface area contributed by atoms with E-state index in [1.54, 1.807) is 21.3 Å². The minimum Gasteiger partial charge on any atom is -0.493 e. The van der Waals surface area contributed by atoms with E-state index in [1.807, 2.05) is 56.3 Å². The highest BCUT2D eigenvalue weighted by Crippen LogP contribution is 2.38. The van der Waals surface area contributed by atoms with Crippen molar-refractivity contribution < 1.29 is 24.2 Å². The topological polar surface area (TPSA) is 69.5 Å². The van der Waals surface area contributed by atoms with Gasteiger partial charge in [-0.25, -0.2) is 0 Å². The van der Waals surface area contributed by atoms with Gasteiger partial charge in [0.1, 0.15) is 11.4 Å². The summed E-state index contributed by atoms with van der Waals surface area (Å²) in [5.41, 5.74) is 2.81. The molecule has 0 aromatic heterocycles. The normalized spacial score (nSPS) is 14.8. The lowest BCUT2D eigenvalue weighted by molar-refractivity contribution is 0.159. The Morgan fingerprint density at radius 1 is 1.04 bits per heavy atom. The molecule has 3 rings (SSSR count). The van der Waals surface area contributed by atoms with Crippen LogP contribution in [0.15, 0.2) is 41.6 Å². The molecule has 6 heteroatoms. The summed E-state index contributed by atoms with van der Waals surface area (Å²) < 4.78 is 22.1. The van der Waals surface area contributed by atoms with Gasteiger partial charge in [-0.05, 0) is 55.8 Å². The van der Waals surface area contributed by atoms with Crippen molar-refractivity contribution in [2.24, 2.45) is 5.16 Å². The fourth-order valence-electron chi connectivity index (χ4n) is 3.18. The Hall–Kier alpha value is -3.15. The Morgan fingerprint density at radius 3 is 2.29 bits per heavy atom. The van der Waals surface area contributed by atoms with Crippen molar-refractivity contribution in [2.75, 3.05) is 21.3 Å². The molecule has 28 heavy (non-hydrogen) atoms. The number of rotatable bonds is 6. The monoisotopic (exact) mass is 383 g/mol. The van der Waals surface area contributed by atoms with Gasteiger partial charge in [0, 0.05) is 17.5 Å². The Balaban J connectivity index is 1.92. The van der Waals surface area contributed by atoms with Crippen molar-refractivity contribution >= 4 is 11.8 Å². The molecule has 0 radical (unpaired) electrons. The van der Waals surface area contributed by atoms with Crippen molar-refractivity contribution in [3.05, 3.63) is 53.1 Å². The summed E-state index contributed by atoms with van der Waals surface area (Å²) in [4.78, 5) is 0. The van der Waals surface area contributed by atoms with Crippen LogP contribution >= 0.6 is 0 Å². The van der Waals surface area contributed by atoms with Crippen LogP contribution in [0.4, 0.5) is 0 Å². The van der Waals surface area contributed by atoms with E-state index in [1.165, 1.54) is 0 Å². The van der Waals surface area contributed by atoms with Crippen molar-refractivity contribution in [2.45, 2.75) is 25.9 Å². The zero-order chi connectivity index (χ0) is 20.3. The van der Waals surface area contributed by atoms with Gasteiger partial charge in [-0.1, -0.05) is 11.2 Å². The van der Waals surface area contributed by atoms with Gasteiger partial charge in [0.15, 0.2) is 11.5 Å². The standard InChI is InChI=1S/C22H25NO5/c1-22(2)9-8-16-13-15(6-7-18(16)28-22)17(23-24)10-14-11-19(25-3)21(27-5)20(12-14)26-4/h6-9,11-13,24H,10H2,1-5H3/b23-17+. The Morgan fingerprint density at radius 2 is 1.71 bits per heavy atom. The lowest BCUT2D eigenvalue weighted by Gasteiger charge is -2.28. The minimum atomic E-state index is -0.335. The van der Waals surface area contributed by atoms with Crippen molar-refractivity contribution in [3.63, 3.8) is 0 Å². The van der Waals surface area contributed by atoms with Crippen molar-refractivity contribution in [1.29, 1.82) is 0 Å². The molecule has 1 heterocycles. The third kappa shape index (κ3) is 3.91. The third-order valence-electron chi connectivity index (χ3n) is 4.60. The second-order valence-electron chi connectivity index (χ2n) is 7.05. The van der Waals surface area contributed by atoms with Gasteiger partial charge >= 0.3 is 0 Å². The number of hydrogen-bond donors (Lipinski definition) is 1. The molecular weight excluding hydrogens is 358 g/mol. The lowest BCUT2D eigenvalue weighted by Crippen LogP contribution is -2.27. The molecule has 2 aromatic carbocycles. The molecule has 1 N–H and O–H groups in total. The predicted octanol–water partition coefficient (Wildman–Crippen LogP) is 4.32. The van der Waals surface area contributed by atoms with E-state index >= 15 is 0 Å². The van der Waals surface area contributed by atoms with E-state index in [2.05, 4.69) is 5.16 Å². The fraction of sp³-hybridized carbons (Fsp3) is 0.318. The molecule has 6 nitrogen and oxygen atoms in total. The summed E-state index contributed by atoms with van der Waals surface area (Å²) in [5.74, 6) is 2.44. The molecule has 0 fully saturated rings. The average molecular weight is 383 g/mol. The first-order valence-electron chi connectivity index (χ1n) is 8.93. The van der Waals surface area contributed by atoms with Gasteiger partial charge in [-0.2, -0.15) is 0 Å². The van der Waals surface area contributed by atoms with Gasteiger partial charge in [-0.3, -0.25) is 0 Å². The van der Waals surface area contributed by atoms with Crippen LogP contribution in [0.2, 0.25) is 0 Å². The Labute approximate surface area is 165 Å². The van der Waals surface area contributed by atoms with Crippen LogP contribution in [0.1, 0.15) is 30.5 Å². The van der Waals surface area contributed by atoms with Gasteiger partial charge in [0.2, 0.25) is 5.75 Å².